The lowest BCUT2D eigenvalue weighted by molar-refractivity contribution is 0.613. The van der Waals surface area contributed by atoms with E-state index in [0.29, 0.717) is 0 Å². The van der Waals surface area contributed by atoms with Crippen molar-refractivity contribution in [1.82, 2.24) is 5.32 Å². The summed E-state index contributed by atoms with van der Waals surface area (Å²) in [5.41, 5.74) is 6.32. The van der Waals surface area contributed by atoms with Crippen LogP contribution in [0.5, 0.6) is 0 Å². The molecular weight excluding hydrogens is 290 g/mol. The van der Waals surface area contributed by atoms with Gasteiger partial charge in [-0.3, -0.25) is 0 Å². The van der Waals surface area contributed by atoms with Gasteiger partial charge in [-0.25, -0.2) is 0 Å². The molecule has 3 aromatic carbocycles. The summed E-state index contributed by atoms with van der Waals surface area (Å²) in [4.78, 5) is 0. The average Bonchev–Trinajstić information content (AvgIpc) is 2.73. The second kappa shape index (κ2) is 5.60. The van der Waals surface area contributed by atoms with E-state index in [9.17, 15) is 0 Å². The molecule has 1 heterocycles. The van der Waals surface area contributed by atoms with E-state index in [0.717, 1.165) is 17.1 Å². The highest BCUT2D eigenvalue weighted by molar-refractivity contribution is 6.31. The van der Waals surface area contributed by atoms with Crippen LogP contribution in [0.15, 0.2) is 72.8 Å². The zero-order valence-corrected chi connectivity index (χ0v) is 12.8. The average molecular weight is 306 g/mol. The fourth-order valence-corrected chi connectivity index (χ4v) is 3.48. The molecule has 0 spiro atoms. The summed E-state index contributed by atoms with van der Waals surface area (Å²) in [7, 11) is 0. The van der Waals surface area contributed by atoms with E-state index in [1.54, 1.807) is 0 Å². The van der Waals surface area contributed by atoms with E-state index in [1.165, 1.54) is 22.3 Å². The monoisotopic (exact) mass is 305 g/mol. The smallest absolute Gasteiger partial charge is 0.0600 e. The minimum atomic E-state index is 0.109. The van der Waals surface area contributed by atoms with E-state index >= 15 is 0 Å². The van der Waals surface area contributed by atoms with Gasteiger partial charge < -0.3 is 5.32 Å². The van der Waals surface area contributed by atoms with Crippen LogP contribution in [0, 0.1) is 0 Å². The third-order valence-electron chi connectivity index (χ3n) is 4.29. The van der Waals surface area contributed by atoms with Crippen molar-refractivity contribution in [1.29, 1.82) is 0 Å². The molecule has 2 heteroatoms. The second-order valence-electron chi connectivity index (χ2n) is 5.58. The number of hydrogen-bond acceptors (Lipinski definition) is 1. The summed E-state index contributed by atoms with van der Waals surface area (Å²) in [6, 6.07) is 25.4. The highest BCUT2D eigenvalue weighted by Gasteiger charge is 2.23. The molecular formula is C20H16ClN. The summed E-state index contributed by atoms with van der Waals surface area (Å²) in [5.74, 6) is 0. The molecule has 1 nitrogen and oxygen atoms in total. The molecule has 1 N–H and O–H groups in total. The van der Waals surface area contributed by atoms with Gasteiger partial charge in [0.05, 0.1) is 6.04 Å². The number of hydrogen-bond donors (Lipinski definition) is 1. The van der Waals surface area contributed by atoms with Gasteiger partial charge in [0.25, 0.3) is 0 Å². The maximum Gasteiger partial charge on any atom is 0.0600 e. The van der Waals surface area contributed by atoms with Gasteiger partial charge in [0.1, 0.15) is 0 Å². The van der Waals surface area contributed by atoms with Crippen molar-refractivity contribution in [3.63, 3.8) is 0 Å². The van der Waals surface area contributed by atoms with Crippen LogP contribution in [-0.2, 0) is 6.54 Å². The quantitative estimate of drug-likeness (QED) is 0.651. The number of rotatable bonds is 1. The Morgan fingerprint density at radius 1 is 0.727 bits per heavy atom. The Labute approximate surface area is 135 Å². The highest BCUT2D eigenvalue weighted by Crippen LogP contribution is 2.38. The Morgan fingerprint density at radius 3 is 2.18 bits per heavy atom. The molecule has 0 aliphatic carbocycles. The number of nitrogens with one attached hydrogen (secondary N) is 1. The van der Waals surface area contributed by atoms with Crippen LogP contribution in [0.3, 0.4) is 0 Å². The summed E-state index contributed by atoms with van der Waals surface area (Å²) < 4.78 is 0. The van der Waals surface area contributed by atoms with Crippen LogP contribution >= 0.6 is 11.6 Å². The molecule has 0 fully saturated rings. The van der Waals surface area contributed by atoms with Crippen LogP contribution in [0.1, 0.15) is 22.7 Å². The van der Waals surface area contributed by atoms with Crippen molar-refractivity contribution < 1.29 is 0 Å². The SMILES string of the molecule is Clc1ccccc1C1NCc2ccccc2-c2ccccc21. The summed E-state index contributed by atoms with van der Waals surface area (Å²) in [6.45, 7) is 0.834. The van der Waals surface area contributed by atoms with Crippen LogP contribution < -0.4 is 5.32 Å². The molecule has 0 radical (unpaired) electrons. The van der Waals surface area contributed by atoms with Gasteiger partial charge in [-0.2, -0.15) is 0 Å². The lowest BCUT2D eigenvalue weighted by atomic mass is 9.91. The molecule has 1 aliphatic heterocycles. The van der Waals surface area contributed by atoms with Gasteiger partial charge in [0, 0.05) is 11.6 Å². The zero-order valence-electron chi connectivity index (χ0n) is 12.1. The van der Waals surface area contributed by atoms with Gasteiger partial charge in [0.15, 0.2) is 0 Å². The lowest BCUT2D eigenvalue weighted by Gasteiger charge is -2.20. The molecule has 108 valence electrons. The summed E-state index contributed by atoms with van der Waals surface area (Å²) in [6.07, 6.45) is 0. The Balaban J connectivity index is 1.93. The maximum atomic E-state index is 6.45. The maximum absolute atomic E-state index is 6.45. The minimum absolute atomic E-state index is 0.109. The first-order valence-electron chi connectivity index (χ1n) is 7.49. The molecule has 3 aromatic rings. The van der Waals surface area contributed by atoms with Crippen molar-refractivity contribution >= 4 is 11.6 Å². The zero-order chi connectivity index (χ0) is 14.9. The van der Waals surface area contributed by atoms with Crippen LogP contribution in [0.25, 0.3) is 11.1 Å². The van der Waals surface area contributed by atoms with Crippen molar-refractivity contribution in [3.8, 4) is 11.1 Å². The topological polar surface area (TPSA) is 12.0 Å². The Morgan fingerprint density at radius 2 is 1.36 bits per heavy atom. The number of halogens is 1. The Bertz CT molecular complexity index is 825. The third kappa shape index (κ3) is 2.23. The van der Waals surface area contributed by atoms with E-state index in [-0.39, 0.29) is 6.04 Å². The molecule has 1 unspecified atom stereocenters. The van der Waals surface area contributed by atoms with Crippen LogP contribution in [0.4, 0.5) is 0 Å². The third-order valence-corrected chi connectivity index (χ3v) is 4.64. The van der Waals surface area contributed by atoms with E-state index in [4.69, 9.17) is 11.6 Å². The minimum Gasteiger partial charge on any atom is -0.302 e. The first-order valence-corrected chi connectivity index (χ1v) is 7.87. The lowest BCUT2D eigenvalue weighted by Crippen LogP contribution is -2.21. The van der Waals surface area contributed by atoms with Crippen molar-refractivity contribution in [3.05, 3.63) is 94.5 Å². The first kappa shape index (κ1) is 13.6. The van der Waals surface area contributed by atoms with E-state index < -0.39 is 0 Å². The largest absolute Gasteiger partial charge is 0.302 e. The molecule has 0 bridgehead atoms. The van der Waals surface area contributed by atoms with Crippen molar-refractivity contribution in [2.75, 3.05) is 0 Å². The standard InChI is InChI=1S/C20H16ClN/c21-19-12-6-5-11-18(19)20-17-10-4-3-9-16(17)15-8-2-1-7-14(15)13-22-20/h1-12,20,22H,13H2. The van der Waals surface area contributed by atoms with Gasteiger partial charge in [-0.1, -0.05) is 78.3 Å². The fourth-order valence-electron chi connectivity index (χ4n) is 3.24. The Kier molecular flexibility index (Phi) is 3.45. The molecule has 0 amide bonds. The molecule has 0 aromatic heterocycles. The molecule has 1 atom stereocenters. The van der Waals surface area contributed by atoms with Crippen LogP contribution in [-0.4, -0.2) is 0 Å². The van der Waals surface area contributed by atoms with Crippen molar-refractivity contribution in [2.45, 2.75) is 12.6 Å². The van der Waals surface area contributed by atoms with Gasteiger partial charge in [-0.05, 0) is 33.9 Å². The van der Waals surface area contributed by atoms with E-state index in [2.05, 4.69) is 59.9 Å². The number of benzene rings is 3. The second-order valence-corrected chi connectivity index (χ2v) is 5.99. The molecule has 4 rings (SSSR count). The fraction of sp³-hybridized carbons (Fsp3) is 0.100. The molecule has 22 heavy (non-hydrogen) atoms. The predicted octanol–water partition coefficient (Wildman–Crippen LogP) is 5.20. The summed E-state index contributed by atoms with van der Waals surface area (Å²) in [5, 5.41) is 4.47. The van der Waals surface area contributed by atoms with Crippen LogP contribution in [0.2, 0.25) is 5.02 Å². The van der Waals surface area contributed by atoms with Crippen molar-refractivity contribution in [2.24, 2.45) is 0 Å². The normalized spacial score (nSPS) is 16.5. The van der Waals surface area contributed by atoms with Gasteiger partial charge in [-0.15, -0.1) is 0 Å². The molecule has 0 saturated carbocycles. The highest BCUT2D eigenvalue weighted by atomic mass is 35.5. The molecule has 0 saturated heterocycles. The summed E-state index contributed by atoms with van der Waals surface area (Å²) >= 11 is 6.45. The van der Waals surface area contributed by atoms with Gasteiger partial charge in [0.2, 0.25) is 0 Å². The van der Waals surface area contributed by atoms with Gasteiger partial charge >= 0.3 is 0 Å². The Hall–Kier alpha value is -2.09. The first-order chi connectivity index (χ1) is 10.8. The predicted molar refractivity (Wildman–Crippen MR) is 92.0 cm³/mol. The molecule has 1 aliphatic rings. The number of fused-ring (bicyclic) bond motifs is 3. The van der Waals surface area contributed by atoms with E-state index in [1.807, 2.05) is 18.2 Å².